The summed E-state index contributed by atoms with van der Waals surface area (Å²) in [7, 11) is 1.61. The summed E-state index contributed by atoms with van der Waals surface area (Å²) in [6, 6.07) is 18.5. The molecule has 4 nitrogen and oxygen atoms in total. The van der Waals surface area contributed by atoms with Crippen molar-refractivity contribution in [2.24, 2.45) is 10.2 Å². The van der Waals surface area contributed by atoms with E-state index in [1.807, 2.05) is 42.5 Å². The monoisotopic (exact) mass is 278 g/mol. The molecule has 21 heavy (non-hydrogen) atoms. The first-order chi connectivity index (χ1) is 10.3. The van der Waals surface area contributed by atoms with Crippen LogP contribution >= 0.6 is 0 Å². The van der Waals surface area contributed by atoms with Gasteiger partial charge in [0, 0.05) is 5.39 Å². The SMILES string of the molecule is COc1ccc(N=Nc2ccc3ccccc3c2O)cc1. The molecular formula is C17H14N2O2. The van der Waals surface area contributed by atoms with Gasteiger partial charge in [-0.15, -0.1) is 5.11 Å². The lowest BCUT2D eigenvalue weighted by atomic mass is 10.1. The van der Waals surface area contributed by atoms with Gasteiger partial charge >= 0.3 is 0 Å². The molecule has 0 aliphatic heterocycles. The molecule has 0 fully saturated rings. The molecular weight excluding hydrogens is 264 g/mol. The van der Waals surface area contributed by atoms with Crippen LogP contribution < -0.4 is 4.74 Å². The molecule has 0 spiro atoms. The largest absolute Gasteiger partial charge is 0.505 e. The predicted molar refractivity (Wildman–Crippen MR) is 82.8 cm³/mol. The summed E-state index contributed by atoms with van der Waals surface area (Å²) < 4.78 is 5.09. The van der Waals surface area contributed by atoms with Crippen molar-refractivity contribution < 1.29 is 9.84 Å². The zero-order valence-electron chi connectivity index (χ0n) is 11.5. The van der Waals surface area contributed by atoms with Crippen molar-refractivity contribution in [3.63, 3.8) is 0 Å². The van der Waals surface area contributed by atoms with Gasteiger partial charge in [0.25, 0.3) is 0 Å². The van der Waals surface area contributed by atoms with E-state index in [4.69, 9.17) is 4.74 Å². The molecule has 0 bridgehead atoms. The molecule has 0 aromatic heterocycles. The van der Waals surface area contributed by atoms with Crippen LogP contribution in [0.3, 0.4) is 0 Å². The molecule has 0 saturated carbocycles. The number of rotatable bonds is 3. The second-order valence-corrected chi connectivity index (χ2v) is 4.55. The molecule has 0 saturated heterocycles. The van der Waals surface area contributed by atoms with Crippen LogP contribution in [0.4, 0.5) is 11.4 Å². The number of azo groups is 1. The van der Waals surface area contributed by atoms with Crippen LogP contribution in [0.25, 0.3) is 10.8 Å². The highest BCUT2D eigenvalue weighted by atomic mass is 16.5. The fourth-order valence-corrected chi connectivity index (χ4v) is 2.08. The zero-order chi connectivity index (χ0) is 14.7. The Kier molecular flexibility index (Phi) is 3.51. The molecule has 3 aromatic carbocycles. The molecule has 0 amide bonds. The summed E-state index contributed by atoms with van der Waals surface area (Å²) in [5.41, 5.74) is 1.15. The Morgan fingerprint density at radius 2 is 1.62 bits per heavy atom. The number of methoxy groups -OCH3 is 1. The van der Waals surface area contributed by atoms with E-state index >= 15 is 0 Å². The highest BCUT2D eigenvalue weighted by molar-refractivity contribution is 5.92. The van der Waals surface area contributed by atoms with E-state index in [1.165, 1.54) is 0 Å². The molecule has 0 atom stereocenters. The second kappa shape index (κ2) is 5.63. The van der Waals surface area contributed by atoms with Gasteiger partial charge in [-0.05, 0) is 35.7 Å². The fraction of sp³-hybridized carbons (Fsp3) is 0.0588. The van der Waals surface area contributed by atoms with Crippen LogP contribution in [-0.4, -0.2) is 12.2 Å². The number of phenolic OH excluding ortho intramolecular Hbond substituents is 1. The minimum absolute atomic E-state index is 0.144. The second-order valence-electron chi connectivity index (χ2n) is 4.55. The number of ether oxygens (including phenoxy) is 1. The molecule has 0 unspecified atom stereocenters. The highest BCUT2D eigenvalue weighted by Crippen LogP contribution is 2.35. The summed E-state index contributed by atoms with van der Waals surface area (Å²) in [6.07, 6.45) is 0. The molecule has 3 rings (SSSR count). The minimum Gasteiger partial charge on any atom is -0.505 e. The van der Waals surface area contributed by atoms with Crippen LogP contribution in [0, 0.1) is 0 Å². The third kappa shape index (κ3) is 2.69. The standard InChI is InChI=1S/C17H14N2O2/c1-21-14-9-7-13(8-10-14)18-19-16-11-6-12-4-2-3-5-15(12)17(16)20/h2-11,20H,1H3. The Hall–Kier alpha value is -2.88. The molecule has 0 aliphatic rings. The minimum atomic E-state index is 0.144. The van der Waals surface area contributed by atoms with Gasteiger partial charge in [0.05, 0.1) is 12.8 Å². The Morgan fingerprint density at radius 3 is 2.38 bits per heavy atom. The Balaban J connectivity index is 1.93. The topological polar surface area (TPSA) is 54.2 Å². The molecule has 0 radical (unpaired) electrons. The van der Waals surface area contributed by atoms with Gasteiger partial charge in [-0.1, -0.05) is 30.3 Å². The number of phenols is 1. The van der Waals surface area contributed by atoms with Crippen LogP contribution in [0.15, 0.2) is 70.9 Å². The number of nitrogens with zero attached hydrogens (tertiary/aromatic N) is 2. The van der Waals surface area contributed by atoms with E-state index in [0.29, 0.717) is 11.4 Å². The molecule has 1 N–H and O–H groups in total. The van der Waals surface area contributed by atoms with Gasteiger partial charge in [0.1, 0.15) is 11.4 Å². The average molecular weight is 278 g/mol. The molecule has 0 heterocycles. The predicted octanol–water partition coefficient (Wildman–Crippen LogP) is 4.97. The third-order valence-electron chi connectivity index (χ3n) is 3.22. The van der Waals surface area contributed by atoms with Gasteiger partial charge < -0.3 is 9.84 Å². The van der Waals surface area contributed by atoms with Gasteiger partial charge in [-0.2, -0.15) is 5.11 Å². The molecule has 0 aliphatic carbocycles. The van der Waals surface area contributed by atoms with E-state index in [0.717, 1.165) is 16.5 Å². The van der Waals surface area contributed by atoms with Crippen molar-refractivity contribution >= 4 is 22.1 Å². The summed E-state index contributed by atoms with van der Waals surface area (Å²) in [4.78, 5) is 0. The lowest BCUT2D eigenvalue weighted by Crippen LogP contribution is -1.79. The van der Waals surface area contributed by atoms with Gasteiger partial charge in [-0.25, -0.2) is 0 Å². The Morgan fingerprint density at radius 1 is 0.857 bits per heavy atom. The normalized spacial score (nSPS) is 11.1. The quantitative estimate of drug-likeness (QED) is 0.688. The summed E-state index contributed by atoms with van der Waals surface area (Å²) >= 11 is 0. The first-order valence-corrected chi connectivity index (χ1v) is 6.54. The fourth-order valence-electron chi connectivity index (χ4n) is 2.08. The molecule has 3 aromatic rings. The first-order valence-electron chi connectivity index (χ1n) is 6.54. The maximum absolute atomic E-state index is 10.2. The van der Waals surface area contributed by atoms with E-state index in [1.54, 1.807) is 25.3 Å². The van der Waals surface area contributed by atoms with E-state index < -0.39 is 0 Å². The van der Waals surface area contributed by atoms with E-state index in [-0.39, 0.29) is 5.75 Å². The maximum Gasteiger partial charge on any atom is 0.150 e. The van der Waals surface area contributed by atoms with Crippen LogP contribution in [0.2, 0.25) is 0 Å². The van der Waals surface area contributed by atoms with E-state index in [2.05, 4.69) is 10.2 Å². The molecule has 4 heteroatoms. The van der Waals surface area contributed by atoms with E-state index in [9.17, 15) is 5.11 Å². The smallest absolute Gasteiger partial charge is 0.150 e. The summed E-state index contributed by atoms with van der Waals surface area (Å²) in [6.45, 7) is 0. The van der Waals surface area contributed by atoms with Crippen LogP contribution in [0.5, 0.6) is 11.5 Å². The van der Waals surface area contributed by atoms with Crippen molar-refractivity contribution in [2.45, 2.75) is 0 Å². The van der Waals surface area contributed by atoms with Crippen molar-refractivity contribution in [3.05, 3.63) is 60.7 Å². The maximum atomic E-state index is 10.2. The van der Waals surface area contributed by atoms with Crippen LogP contribution in [0.1, 0.15) is 0 Å². The van der Waals surface area contributed by atoms with Crippen molar-refractivity contribution in [3.8, 4) is 11.5 Å². The summed E-state index contributed by atoms with van der Waals surface area (Å²) in [5.74, 6) is 0.910. The lowest BCUT2D eigenvalue weighted by Gasteiger charge is -2.03. The number of hydrogen-bond donors (Lipinski definition) is 1. The number of aromatic hydroxyl groups is 1. The van der Waals surface area contributed by atoms with Crippen molar-refractivity contribution in [1.29, 1.82) is 0 Å². The van der Waals surface area contributed by atoms with Gasteiger partial charge in [-0.3, -0.25) is 0 Å². The van der Waals surface area contributed by atoms with Gasteiger partial charge in [0.2, 0.25) is 0 Å². The highest BCUT2D eigenvalue weighted by Gasteiger charge is 2.05. The lowest BCUT2D eigenvalue weighted by molar-refractivity contribution is 0.415. The number of fused-ring (bicyclic) bond motifs is 1. The summed E-state index contributed by atoms with van der Waals surface area (Å²) in [5, 5.41) is 20.2. The average Bonchev–Trinajstić information content (AvgIpc) is 2.55. The Bertz CT molecular complexity index is 795. The number of hydrogen-bond acceptors (Lipinski definition) is 4. The van der Waals surface area contributed by atoms with Crippen LogP contribution in [-0.2, 0) is 0 Å². The van der Waals surface area contributed by atoms with Gasteiger partial charge in [0.15, 0.2) is 5.75 Å². The van der Waals surface area contributed by atoms with Crippen molar-refractivity contribution in [2.75, 3.05) is 7.11 Å². The molecule has 104 valence electrons. The third-order valence-corrected chi connectivity index (χ3v) is 3.22. The zero-order valence-corrected chi connectivity index (χ0v) is 11.5. The van der Waals surface area contributed by atoms with Crippen molar-refractivity contribution in [1.82, 2.24) is 0 Å². The Labute approximate surface area is 122 Å². The number of benzene rings is 3. The first kappa shape index (κ1) is 13.1.